The van der Waals surface area contributed by atoms with Gasteiger partial charge in [-0.05, 0) is 30.8 Å². The lowest BCUT2D eigenvalue weighted by atomic mass is 10.2. The summed E-state index contributed by atoms with van der Waals surface area (Å²) in [6.07, 6.45) is 1.46. The van der Waals surface area contributed by atoms with Crippen LogP contribution in [0.2, 0.25) is 0 Å². The number of aromatic nitrogens is 4. The van der Waals surface area contributed by atoms with Gasteiger partial charge in [-0.1, -0.05) is 5.16 Å². The first-order chi connectivity index (χ1) is 8.61. The summed E-state index contributed by atoms with van der Waals surface area (Å²) in [4.78, 5) is 8.47. The molecule has 0 saturated heterocycles. The molecular weight excluding hydrogens is 252 g/mol. The fourth-order valence-corrected chi connectivity index (χ4v) is 2.25. The van der Waals surface area contributed by atoms with Crippen molar-refractivity contribution in [1.29, 1.82) is 0 Å². The fourth-order valence-electron chi connectivity index (χ4n) is 1.32. The highest BCUT2D eigenvalue weighted by molar-refractivity contribution is 7.99. The average Bonchev–Trinajstić information content (AvgIpc) is 2.74. The molecule has 0 aromatic carbocycles. The molecule has 94 valence electrons. The maximum absolute atomic E-state index is 8.76. The Bertz CT molecular complexity index is 594. The van der Waals surface area contributed by atoms with Gasteiger partial charge in [-0.15, -0.1) is 0 Å². The van der Waals surface area contributed by atoms with Gasteiger partial charge in [0.15, 0.2) is 11.0 Å². The summed E-state index contributed by atoms with van der Waals surface area (Å²) in [5.41, 5.74) is 7.02. The molecule has 0 aliphatic carbocycles. The van der Waals surface area contributed by atoms with E-state index < -0.39 is 0 Å². The number of oxime groups is 1. The maximum Gasteiger partial charge on any atom is 0.192 e. The van der Waals surface area contributed by atoms with Crippen molar-refractivity contribution in [2.24, 2.45) is 17.9 Å². The van der Waals surface area contributed by atoms with Crippen LogP contribution in [-0.4, -0.2) is 30.8 Å². The molecule has 0 aliphatic rings. The van der Waals surface area contributed by atoms with Crippen LogP contribution in [-0.2, 0) is 7.05 Å². The van der Waals surface area contributed by atoms with Crippen molar-refractivity contribution < 1.29 is 5.21 Å². The third-order valence-electron chi connectivity index (χ3n) is 2.24. The van der Waals surface area contributed by atoms with Gasteiger partial charge >= 0.3 is 0 Å². The SMILES string of the molecule is Cc1ccc(/C(N)=N/O)c(Sc2ncnn2C)n1. The van der Waals surface area contributed by atoms with Crippen molar-refractivity contribution >= 4 is 17.6 Å². The zero-order valence-corrected chi connectivity index (χ0v) is 10.7. The molecule has 0 unspecified atom stereocenters. The Kier molecular flexibility index (Phi) is 3.47. The van der Waals surface area contributed by atoms with E-state index in [4.69, 9.17) is 10.9 Å². The van der Waals surface area contributed by atoms with Crippen LogP contribution in [0.15, 0.2) is 33.8 Å². The van der Waals surface area contributed by atoms with Crippen LogP contribution in [0.3, 0.4) is 0 Å². The molecule has 0 bridgehead atoms. The summed E-state index contributed by atoms with van der Waals surface area (Å²) in [6.45, 7) is 1.87. The molecule has 0 radical (unpaired) electrons. The van der Waals surface area contributed by atoms with E-state index in [0.717, 1.165) is 5.69 Å². The molecule has 7 nitrogen and oxygen atoms in total. The molecule has 2 aromatic rings. The van der Waals surface area contributed by atoms with Gasteiger partial charge in [-0.3, -0.25) is 0 Å². The van der Waals surface area contributed by atoms with Crippen molar-refractivity contribution in [3.63, 3.8) is 0 Å². The Balaban J connectivity index is 2.43. The highest BCUT2D eigenvalue weighted by atomic mass is 32.2. The number of hydrogen-bond donors (Lipinski definition) is 2. The third kappa shape index (κ3) is 2.43. The second kappa shape index (κ2) is 5.05. The Morgan fingerprint density at radius 1 is 1.50 bits per heavy atom. The van der Waals surface area contributed by atoms with Crippen LogP contribution >= 0.6 is 11.8 Å². The lowest BCUT2D eigenvalue weighted by Gasteiger charge is -2.07. The van der Waals surface area contributed by atoms with Gasteiger partial charge in [0, 0.05) is 12.7 Å². The Morgan fingerprint density at radius 2 is 2.28 bits per heavy atom. The number of aryl methyl sites for hydroxylation is 2. The predicted octanol–water partition coefficient (Wildman–Crippen LogP) is 0.764. The molecule has 0 amide bonds. The summed E-state index contributed by atoms with van der Waals surface area (Å²) in [6, 6.07) is 3.56. The van der Waals surface area contributed by atoms with E-state index in [2.05, 4.69) is 20.2 Å². The summed E-state index contributed by atoms with van der Waals surface area (Å²) >= 11 is 1.31. The smallest absolute Gasteiger partial charge is 0.192 e. The average molecular weight is 264 g/mol. The van der Waals surface area contributed by atoms with Crippen LogP contribution < -0.4 is 5.73 Å². The zero-order chi connectivity index (χ0) is 13.1. The Labute approximate surface area is 108 Å². The standard InChI is InChI=1S/C10H12N6OS/c1-6-3-4-7(8(11)15-17)9(14-6)18-10-12-5-13-16(10)2/h3-5,17H,1-2H3,(H2,11,15). The maximum atomic E-state index is 8.76. The fraction of sp³-hybridized carbons (Fsp3) is 0.200. The van der Waals surface area contributed by atoms with Gasteiger partial charge in [-0.25, -0.2) is 14.6 Å². The Morgan fingerprint density at radius 3 is 2.89 bits per heavy atom. The minimum absolute atomic E-state index is 0.0205. The van der Waals surface area contributed by atoms with E-state index in [0.29, 0.717) is 15.7 Å². The largest absolute Gasteiger partial charge is 0.409 e. The quantitative estimate of drug-likeness (QED) is 0.367. The number of hydrogen-bond acceptors (Lipinski definition) is 6. The highest BCUT2D eigenvalue weighted by Crippen LogP contribution is 2.26. The topological polar surface area (TPSA) is 102 Å². The number of nitrogens with zero attached hydrogens (tertiary/aromatic N) is 5. The molecule has 0 fully saturated rings. The third-order valence-corrected chi connectivity index (χ3v) is 3.30. The minimum atomic E-state index is 0.0205. The first-order valence-corrected chi connectivity index (χ1v) is 5.91. The van der Waals surface area contributed by atoms with E-state index in [9.17, 15) is 0 Å². The van der Waals surface area contributed by atoms with Gasteiger partial charge in [0.1, 0.15) is 11.4 Å². The molecule has 0 aliphatic heterocycles. The van der Waals surface area contributed by atoms with Gasteiger partial charge in [-0.2, -0.15) is 5.10 Å². The number of pyridine rings is 1. The van der Waals surface area contributed by atoms with E-state index >= 15 is 0 Å². The monoisotopic (exact) mass is 264 g/mol. The van der Waals surface area contributed by atoms with Gasteiger partial charge < -0.3 is 10.9 Å². The molecule has 3 N–H and O–H groups in total. The van der Waals surface area contributed by atoms with Crippen LogP contribution in [0.25, 0.3) is 0 Å². The van der Waals surface area contributed by atoms with E-state index in [-0.39, 0.29) is 5.84 Å². The van der Waals surface area contributed by atoms with Gasteiger partial charge in [0.25, 0.3) is 0 Å². The van der Waals surface area contributed by atoms with Crippen LogP contribution in [0.5, 0.6) is 0 Å². The Hall–Kier alpha value is -2.09. The molecule has 0 spiro atoms. The highest BCUT2D eigenvalue weighted by Gasteiger charge is 2.13. The summed E-state index contributed by atoms with van der Waals surface area (Å²) < 4.78 is 1.63. The van der Waals surface area contributed by atoms with Crippen molar-refractivity contribution in [3.8, 4) is 0 Å². The number of rotatable bonds is 3. The van der Waals surface area contributed by atoms with Crippen molar-refractivity contribution in [2.45, 2.75) is 17.1 Å². The van der Waals surface area contributed by atoms with Crippen LogP contribution in [0.4, 0.5) is 0 Å². The molecule has 2 rings (SSSR count). The summed E-state index contributed by atoms with van der Waals surface area (Å²) in [5.74, 6) is 0.0205. The summed E-state index contributed by atoms with van der Waals surface area (Å²) in [7, 11) is 1.79. The first kappa shape index (κ1) is 12.4. The van der Waals surface area contributed by atoms with E-state index in [1.165, 1.54) is 18.1 Å². The van der Waals surface area contributed by atoms with Crippen molar-refractivity contribution in [2.75, 3.05) is 0 Å². The zero-order valence-electron chi connectivity index (χ0n) is 9.90. The molecule has 0 atom stereocenters. The normalized spacial score (nSPS) is 11.8. The van der Waals surface area contributed by atoms with E-state index in [1.807, 2.05) is 6.92 Å². The number of amidine groups is 1. The van der Waals surface area contributed by atoms with E-state index in [1.54, 1.807) is 23.9 Å². The molecule has 2 aromatic heterocycles. The molecule has 8 heteroatoms. The predicted molar refractivity (Wildman–Crippen MR) is 66.6 cm³/mol. The van der Waals surface area contributed by atoms with Crippen molar-refractivity contribution in [3.05, 3.63) is 29.7 Å². The molecule has 0 saturated carbocycles. The van der Waals surface area contributed by atoms with Crippen molar-refractivity contribution in [1.82, 2.24) is 19.7 Å². The lowest BCUT2D eigenvalue weighted by Crippen LogP contribution is -2.15. The second-order valence-corrected chi connectivity index (χ2v) is 4.51. The molecule has 18 heavy (non-hydrogen) atoms. The van der Waals surface area contributed by atoms with Gasteiger partial charge in [0.2, 0.25) is 0 Å². The second-order valence-electron chi connectivity index (χ2n) is 3.56. The van der Waals surface area contributed by atoms with Crippen LogP contribution in [0, 0.1) is 6.92 Å². The van der Waals surface area contributed by atoms with Gasteiger partial charge in [0.05, 0.1) is 5.56 Å². The molecule has 2 heterocycles. The molecular formula is C10H12N6OS. The minimum Gasteiger partial charge on any atom is -0.409 e. The summed E-state index contributed by atoms with van der Waals surface area (Å²) in [5, 5.41) is 17.0. The lowest BCUT2D eigenvalue weighted by molar-refractivity contribution is 0.318. The number of nitrogens with two attached hydrogens (primary N) is 1. The first-order valence-electron chi connectivity index (χ1n) is 5.09. The van der Waals surface area contributed by atoms with Crippen LogP contribution in [0.1, 0.15) is 11.3 Å².